The van der Waals surface area contributed by atoms with Gasteiger partial charge in [0.2, 0.25) is 0 Å². The van der Waals surface area contributed by atoms with Crippen LogP contribution in [0.15, 0.2) is 12.4 Å². The third-order valence-corrected chi connectivity index (χ3v) is 11.3. The first-order chi connectivity index (χ1) is 23.7. The Balaban J connectivity index is 2.39. The van der Waals surface area contributed by atoms with E-state index in [0.29, 0.717) is 12.0 Å². The van der Waals surface area contributed by atoms with Crippen molar-refractivity contribution in [3.05, 3.63) is 18.2 Å². The first kappa shape index (κ1) is 45.2. The molecule has 0 saturated carbocycles. The highest BCUT2D eigenvalue weighted by Gasteiger charge is 2.19. The van der Waals surface area contributed by atoms with Gasteiger partial charge in [-0.25, -0.2) is 4.98 Å². The van der Waals surface area contributed by atoms with Crippen LogP contribution in [0.2, 0.25) is 0 Å². The van der Waals surface area contributed by atoms with Crippen LogP contribution in [0.1, 0.15) is 283 Å². The number of rotatable bonds is 39. The predicted octanol–water partition coefficient (Wildman–Crippen LogP) is 17.0. The molecule has 0 spiro atoms. The van der Waals surface area contributed by atoms with Gasteiger partial charge in [0.25, 0.3) is 0 Å². The Kier molecular flexibility index (Phi) is 33.9. The molecule has 2 nitrogen and oxygen atoms in total. The number of aromatic nitrogens is 2. The lowest BCUT2D eigenvalue weighted by Crippen LogP contribution is -2.13. The van der Waals surface area contributed by atoms with Crippen molar-refractivity contribution >= 4 is 0 Å². The molecule has 0 aliphatic carbocycles. The number of hydrogen-bond donors (Lipinski definition) is 0. The molecule has 2 atom stereocenters. The molecule has 0 bridgehead atoms. The summed E-state index contributed by atoms with van der Waals surface area (Å²) in [6.07, 6.45) is 57.1. The molecule has 0 N–H and O–H groups in total. The average molecular weight is 671 g/mol. The van der Waals surface area contributed by atoms with Crippen LogP contribution in [0.3, 0.4) is 0 Å². The van der Waals surface area contributed by atoms with Gasteiger partial charge in [-0.05, 0) is 26.2 Å². The Hall–Kier alpha value is -0.790. The molecular weight excluding hydrogens is 581 g/mol. The fourth-order valence-corrected chi connectivity index (χ4v) is 7.95. The fraction of sp³-hybridized carbons (Fsp3) is 0.935. The molecule has 0 saturated heterocycles. The molecule has 0 aliphatic heterocycles. The number of hydrogen-bond acceptors (Lipinski definition) is 1. The van der Waals surface area contributed by atoms with Gasteiger partial charge in [0.15, 0.2) is 0 Å². The zero-order valence-corrected chi connectivity index (χ0v) is 33.9. The van der Waals surface area contributed by atoms with Crippen molar-refractivity contribution in [1.82, 2.24) is 9.55 Å². The first-order valence-corrected chi connectivity index (χ1v) is 22.8. The number of unbranched alkanes of at least 4 members (excludes halogenated alkanes) is 31. The van der Waals surface area contributed by atoms with Gasteiger partial charge in [0.05, 0.1) is 0 Å². The minimum Gasteiger partial charge on any atom is -0.332 e. The molecule has 0 radical (unpaired) electrons. The standard InChI is InChI=1S/C46H90N2/c1-5-8-11-14-17-20-22-23-24-26-29-32-35-38-41-45(40-37-34-31-28-25-21-18-15-12-9-6-2)46-47-42-43-48(46)44(4)39-36-33-30-27-19-16-13-10-7-3/h42-45H,5-41H2,1-4H3. The van der Waals surface area contributed by atoms with Crippen LogP contribution in [0, 0.1) is 0 Å². The van der Waals surface area contributed by atoms with Gasteiger partial charge in [-0.2, -0.15) is 0 Å². The van der Waals surface area contributed by atoms with E-state index in [4.69, 9.17) is 4.98 Å². The van der Waals surface area contributed by atoms with Gasteiger partial charge in [-0.1, -0.05) is 239 Å². The molecule has 0 aromatic carbocycles. The second kappa shape index (κ2) is 36.0. The Morgan fingerprint density at radius 2 is 0.667 bits per heavy atom. The number of nitrogens with zero attached hydrogens (tertiary/aromatic N) is 2. The third-order valence-electron chi connectivity index (χ3n) is 11.3. The molecule has 1 heterocycles. The van der Waals surface area contributed by atoms with Crippen LogP contribution in [0.25, 0.3) is 0 Å². The summed E-state index contributed by atoms with van der Waals surface area (Å²) in [5.74, 6) is 2.07. The lowest BCUT2D eigenvalue weighted by Gasteiger charge is -2.22. The van der Waals surface area contributed by atoms with Gasteiger partial charge >= 0.3 is 0 Å². The summed E-state index contributed by atoms with van der Waals surface area (Å²) < 4.78 is 2.60. The Morgan fingerprint density at radius 3 is 0.979 bits per heavy atom. The summed E-state index contributed by atoms with van der Waals surface area (Å²) in [7, 11) is 0. The Morgan fingerprint density at radius 1 is 0.396 bits per heavy atom. The maximum absolute atomic E-state index is 5.05. The van der Waals surface area contributed by atoms with E-state index in [0.717, 1.165) is 0 Å². The van der Waals surface area contributed by atoms with Crippen molar-refractivity contribution in [2.75, 3.05) is 0 Å². The quantitative estimate of drug-likeness (QED) is 0.0637. The summed E-state index contributed by atoms with van der Waals surface area (Å²) in [5, 5.41) is 0. The van der Waals surface area contributed by atoms with E-state index in [9.17, 15) is 0 Å². The van der Waals surface area contributed by atoms with Crippen LogP contribution < -0.4 is 0 Å². The Bertz CT molecular complexity index is 738. The molecule has 0 amide bonds. The maximum Gasteiger partial charge on any atom is 0.111 e. The fourth-order valence-electron chi connectivity index (χ4n) is 7.95. The monoisotopic (exact) mass is 671 g/mol. The van der Waals surface area contributed by atoms with Crippen molar-refractivity contribution in [3.63, 3.8) is 0 Å². The van der Waals surface area contributed by atoms with Crippen molar-refractivity contribution in [2.24, 2.45) is 0 Å². The van der Waals surface area contributed by atoms with Crippen molar-refractivity contribution in [2.45, 2.75) is 277 Å². The lowest BCUT2D eigenvalue weighted by molar-refractivity contribution is 0.412. The Labute approximate surface area is 304 Å². The highest BCUT2D eigenvalue weighted by molar-refractivity contribution is 5.02. The van der Waals surface area contributed by atoms with E-state index >= 15 is 0 Å². The highest BCUT2D eigenvalue weighted by Crippen LogP contribution is 2.31. The summed E-state index contributed by atoms with van der Waals surface area (Å²) in [4.78, 5) is 5.05. The third kappa shape index (κ3) is 27.0. The van der Waals surface area contributed by atoms with Gasteiger partial charge < -0.3 is 4.57 Å². The van der Waals surface area contributed by atoms with E-state index in [1.807, 2.05) is 0 Å². The van der Waals surface area contributed by atoms with Gasteiger partial charge in [-0.15, -0.1) is 0 Å². The van der Waals surface area contributed by atoms with E-state index in [1.165, 1.54) is 243 Å². The lowest BCUT2D eigenvalue weighted by atomic mass is 9.92. The molecular formula is C46H90N2. The molecule has 0 fully saturated rings. The largest absolute Gasteiger partial charge is 0.332 e. The zero-order valence-electron chi connectivity index (χ0n) is 33.9. The zero-order chi connectivity index (χ0) is 34.6. The molecule has 48 heavy (non-hydrogen) atoms. The van der Waals surface area contributed by atoms with E-state index in [-0.39, 0.29) is 0 Å². The molecule has 1 aromatic heterocycles. The van der Waals surface area contributed by atoms with E-state index in [1.54, 1.807) is 0 Å². The van der Waals surface area contributed by atoms with Crippen LogP contribution in [-0.4, -0.2) is 9.55 Å². The van der Waals surface area contributed by atoms with Crippen LogP contribution in [-0.2, 0) is 0 Å². The normalized spacial score (nSPS) is 13.0. The van der Waals surface area contributed by atoms with Crippen molar-refractivity contribution in [3.8, 4) is 0 Å². The van der Waals surface area contributed by atoms with Crippen LogP contribution >= 0.6 is 0 Å². The minimum absolute atomic E-state index is 0.586. The summed E-state index contributed by atoms with van der Waals surface area (Å²) in [5.41, 5.74) is 0. The van der Waals surface area contributed by atoms with E-state index in [2.05, 4.69) is 44.7 Å². The number of imidazole rings is 1. The van der Waals surface area contributed by atoms with E-state index < -0.39 is 0 Å². The maximum atomic E-state index is 5.05. The van der Waals surface area contributed by atoms with Gasteiger partial charge in [-0.3, -0.25) is 0 Å². The van der Waals surface area contributed by atoms with Crippen molar-refractivity contribution < 1.29 is 0 Å². The van der Waals surface area contributed by atoms with Crippen molar-refractivity contribution in [1.29, 1.82) is 0 Å². The summed E-state index contributed by atoms with van der Waals surface area (Å²) in [6.45, 7) is 9.40. The van der Waals surface area contributed by atoms with Gasteiger partial charge in [0, 0.05) is 24.4 Å². The highest BCUT2D eigenvalue weighted by atomic mass is 15.1. The first-order valence-electron chi connectivity index (χ1n) is 22.8. The topological polar surface area (TPSA) is 17.8 Å². The van der Waals surface area contributed by atoms with Crippen LogP contribution in [0.5, 0.6) is 0 Å². The SMILES string of the molecule is CCCCCCCCCCCCCCCCC(CCCCCCCCCCCCC)c1nccn1C(C)CCCCCCCCCCC. The summed E-state index contributed by atoms with van der Waals surface area (Å²) >= 11 is 0. The smallest absolute Gasteiger partial charge is 0.111 e. The molecule has 1 aromatic rings. The molecule has 0 aliphatic rings. The molecule has 1 rings (SSSR count). The predicted molar refractivity (Wildman–Crippen MR) is 218 cm³/mol. The molecule has 2 unspecified atom stereocenters. The average Bonchev–Trinajstić information content (AvgIpc) is 3.59. The second-order valence-corrected chi connectivity index (χ2v) is 16.1. The minimum atomic E-state index is 0.586. The molecule has 284 valence electrons. The molecule has 2 heteroatoms. The second-order valence-electron chi connectivity index (χ2n) is 16.1. The summed E-state index contributed by atoms with van der Waals surface area (Å²) in [6, 6.07) is 0.586. The van der Waals surface area contributed by atoms with Gasteiger partial charge in [0.1, 0.15) is 5.82 Å². The van der Waals surface area contributed by atoms with Crippen LogP contribution in [0.4, 0.5) is 0 Å².